The average molecular weight is 267 g/mol. The summed E-state index contributed by atoms with van der Waals surface area (Å²) < 4.78 is 0. The van der Waals surface area contributed by atoms with Crippen LogP contribution in [0.15, 0.2) is 18.3 Å². The second-order valence-corrected chi connectivity index (χ2v) is 5.59. The van der Waals surface area contributed by atoms with Crippen molar-refractivity contribution in [3.05, 3.63) is 29.0 Å². The zero-order valence-electron chi connectivity index (χ0n) is 10.9. The molecule has 2 rings (SSSR count). The Bertz CT molecular complexity index is 410. The minimum absolute atomic E-state index is 0.0405. The van der Waals surface area contributed by atoms with Gasteiger partial charge in [0.2, 0.25) is 0 Å². The Kier molecular flexibility index (Phi) is 4.23. The summed E-state index contributed by atoms with van der Waals surface area (Å²) in [4.78, 5) is 18.1. The van der Waals surface area contributed by atoms with E-state index < -0.39 is 0 Å². The molecule has 1 amide bonds. The maximum atomic E-state index is 12.3. The van der Waals surface area contributed by atoms with Crippen molar-refractivity contribution >= 4 is 17.5 Å². The molecular formula is C14H19ClN2O. The molecule has 1 aromatic rings. The summed E-state index contributed by atoms with van der Waals surface area (Å²) >= 11 is 5.72. The highest BCUT2D eigenvalue weighted by Gasteiger charge is 2.25. The summed E-state index contributed by atoms with van der Waals surface area (Å²) in [6.07, 6.45) is 6.17. The van der Waals surface area contributed by atoms with Crippen LogP contribution < -0.4 is 0 Å². The van der Waals surface area contributed by atoms with Crippen LogP contribution in [0.25, 0.3) is 0 Å². The van der Waals surface area contributed by atoms with Crippen LogP contribution in [0.2, 0.25) is 5.15 Å². The Morgan fingerprint density at radius 3 is 2.56 bits per heavy atom. The Balaban J connectivity index is 2.02. The minimum Gasteiger partial charge on any atom is -0.339 e. The van der Waals surface area contributed by atoms with Gasteiger partial charge in [-0.1, -0.05) is 18.5 Å². The fourth-order valence-corrected chi connectivity index (χ4v) is 2.61. The van der Waals surface area contributed by atoms with Gasteiger partial charge in [-0.2, -0.15) is 0 Å². The lowest BCUT2D eigenvalue weighted by Gasteiger charge is -2.33. The fourth-order valence-electron chi connectivity index (χ4n) is 2.50. The van der Waals surface area contributed by atoms with Gasteiger partial charge in [-0.05, 0) is 43.7 Å². The van der Waals surface area contributed by atoms with Crippen LogP contribution in [0.5, 0.6) is 0 Å². The third kappa shape index (κ3) is 3.02. The molecule has 0 bridgehead atoms. The van der Waals surface area contributed by atoms with Crippen molar-refractivity contribution in [2.75, 3.05) is 7.05 Å². The molecule has 1 aliphatic rings. The summed E-state index contributed by atoms with van der Waals surface area (Å²) in [5.41, 5.74) is 0.612. The van der Waals surface area contributed by atoms with Crippen LogP contribution in [0.4, 0.5) is 0 Å². The Morgan fingerprint density at radius 1 is 1.33 bits per heavy atom. The van der Waals surface area contributed by atoms with Crippen LogP contribution in [0.1, 0.15) is 43.0 Å². The third-order valence-corrected chi connectivity index (χ3v) is 4.05. The highest BCUT2D eigenvalue weighted by atomic mass is 35.5. The zero-order chi connectivity index (χ0) is 13.1. The minimum atomic E-state index is 0.0405. The molecule has 1 saturated carbocycles. The molecule has 18 heavy (non-hydrogen) atoms. The molecule has 0 aromatic carbocycles. The van der Waals surface area contributed by atoms with Gasteiger partial charge >= 0.3 is 0 Å². The third-order valence-electron chi connectivity index (χ3n) is 3.83. The zero-order valence-corrected chi connectivity index (χ0v) is 11.7. The lowest BCUT2D eigenvalue weighted by molar-refractivity contribution is 0.0679. The number of carbonyl (C=O) groups is 1. The predicted octanol–water partition coefficient (Wildman–Crippen LogP) is 3.39. The summed E-state index contributed by atoms with van der Waals surface area (Å²) in [6, 6.07) is 3.76. The van der Waals surface area contributed by atoms with E-state index in [0.717, 1.165) is 18.8 Å². The molecule has 0 unspecified atom stereocenters. The largest absolute Gasteiger partial charge is 0.339 e. The van der Waals surface area contributed by atoms with E-state index in [0.29, 0.717) is 16.8 Å². The second kappa shape index (κ2) is 5.70. The number of hydrogen-bond acceptors (Lipinski definition) is 2. The number of hydrogen-bond donors (Lipinski definition) is 0. The van der Waals surface area contributed by atoms with Crippen molar-refractivity contribution in [2.24, 2.45) is 5.92 Å². The number of nitrogens with zero attached hydrogens (tertiary/aromatic N) is 2. The molecule has 0 saturated heterocycles. The summed E-state index contributed by atoms with van der Waals surface area (Å²) in [5.74, 6) is 0.834. The van der Waals surface area contributed by atoms with Gasteiger partial charge in [0.1, 0.15) is 5.15 Å². The first-order chi connectivity index (χ1) is 8.58. The number of pyridine rings is 1. The highest BCUT2D eigenvalue weighted by Crippen LogP contribution is 2.27. The van der Waals surface area contributed by atoms with E-state index in [9.17, 15) is 4.79 Å². The number of rotatable bonds is 2. The topological polar surface area (TPSA) is 33.2 Å². The van der Waals surface area contributed by atoms with E-state index >= 15 is 0 Å². The first-order valence-corrected chi connectivity index (χ1v) is 6.84. The lowest BCUT2D eigenvalue weighted by atomic mass is 9.86. The molecule has 0 spiro atoms. The predicted molar refractivity (Wildman–Crippen MR) is 72.8 cm³/mol. The Labute approximate surface area is 113 Å². The van der Waals surface area contributed by atoms with Gasteiger partial charge in [0.05, 0.1) is 5.56 Å². The fraction of sp³-hybridized carbons (Fsp3) is 0.571. The molecule has 0 N–H and O–H groups in total. The van der Waals surface area contributed by atoms with Gasteiger partial charge in [0.25, 0.3) is 5.91 Å². The Morgan fingerprint density at radius 2 is 2.00 bits per heavy atom. The highest BCUT2D eigenvalue weighted by molar-refractivity contribution is 6.29. The molecule has 3 nitrogen and oxygen atoms in total. The van der Waals surface area contributed by atoms with Gasteiger partial charge in [-0.25, -0.2) is 4.98 Å². The van der Waals surface area contributed by atoms with E-state index in [1.165, 1.54) is 12.8 Å². The van der Waals surface area contributed by atoms with Gasteiger partial charge in [0.15, 0.2) is 0 Å². The van der Waals surface area contributed by atoms with Gasteiger partial charge in [0, 0.05) is 19.3 Å². The molecule has 98 valence electrons. The van der Waals surface area contributed by atoms with Crippen LogP contribution in [0, 0.1) is 5.92 Å². The van der Waals surface area contributed by atoms with Crippen molar-refractivity contribution in [2.45, 2.75) is 38.6 Å². The maximum Gasteiger partial charge on any atom is 0.255 e. The van der Waals surface area contributed by atoms with E-state index in [2.05, 4.69) is 11.9 Å². The molecule has 0 aliphatic heterocycles. The van der Waals surface area contributed by atoms with E-state index in [1.54, 1.807) is 18.3 Å². The molecule has 0 radical (unpaired) electrons. The van der Waals surface area contributed by atoms with E-state index in [-0.39, 0.29) is 5.91 Å². The van der Waals surface area contributed by atoms with Crippen molar-refractivity contribution in [1.82, 2.24) is 9.88 Å². The lowest BCUT2D eigenvalue weighted by Crippen LogP contribution is -2.39. The molecule has 1 aromatic heterocycles. The van der Waals surface area contributed by atoms with Crippen LogP contribution in [-0.2, 0) is 0 Å². The molecule has 1 aliphatic carbocycles. The second-order valence-electron chi connectivity index (χ2n) is 5.20. The average Bonchev–Trinajstić information content (AvgIpc) is 2.39. The van der Waals surface area contributed by atoms with Gasteiger partial charge < -0.3 is 4.90 Å². The smallest absolute Gasteiger partial charge is 0.255 e. The van der Waals surface area contributed by atoms with E-state index in [1.807, 2.05) is 11.9 Å². The SMILES string of the molecule is CC1CCC(N(C)C(=O)c2ccc(Cl)nc2)CC1. The first kappa shape index (κ1) is 13.3. The van der Waals surface area contributed by atoms with Gasteiger partial charge in [-0.3, -0.25) is 4.79 Å². The quantitative estimate of drug-likeness (QED) is 0.769. The normalized spacial score (nSPS) is 23.7. The number of aromatic nitrogens is 1. The van der Waals surface area contributed by atoms with Crippen LogP contribution in [0.3, 0.4) is 0 Å². The molecular weight excluding hydrogens is 248 g/mol. The van der Waals surface area contributed by atoms with Crippen molar-refractivity contribution in [1.29, 1.82) is 0 Å². The van der Waals surface area contributed by atoms with Crippen molar-refractivity contribution < 1.29 is 4.79 Å². The summed E-state index contributed by atoms with van der Waals surface area (Å²) in [5, 5.41) is 0.417. The molecule has 0 atom stereocenters. The summed E-state index contributed by atoms with van der Waals surface area (Å²) in [6.45, 7) is 2.28. The van der Waals surface area contributed by atoms with Gasteiger partial charge in [-0.15, -0.1) is 0 Å². The number of halogens is 1. The Hall–Kier alpha value is -1.09. The van der Waals surface area contributed by atoms with Crippen molar-refractivity contribution in [3.8, 4) is 0 Å². The molecule has 1 heterocycles. The first-order valence-electron chi connectivity index (χ1n) is 6.46. The standard InChI is InChI=1S/C14H19ClN2O/c1-10-3-6-12(7-4-10)17(2)14(18)11-5-8-13(15)16-9-11/h5,8-10,12H,3-4,6-7H2,1-2H3. The maximum absolute atomic E-state index is 12.3. The monoisotopic (exact) mass is 266 g/mol. The van der Waals surface area contributed by atoms with E-state index in [4.69, 9.17) is 11.6 Å². The number of amides is 1. The molecule has 4 heteroatoms. The van der Waals surface area contributed by atoms with Crippen LogP contribution in [-0.4, -0.2) is 28.9 Å². The number of carbonyl (C=O) groups excluding carboxylic acids is 1. The summed E-state index contributed by atoms with van der Waals surface area (Å²) in [7, 11) is 1.89. The van der Waals surface area contributed by atoms with Crippen LogP contribution >= 0.6 is 11.6 Å². The molecule has 1 fully saturated rings. The van der Waals surface area contributed by atoms with Crippen molar-refractivity contribution in [3.63, 3.8) is 0 Å².